The molecule has 0 aliphatic carbocycles. The van der Waals surface area contributed by atoms with Gasteiger partial charge < -0.3 is 4.90 Å². The van der Waals surface area contributed by atoms with E-state index < -0.39 is 0 Å². The number of nitrogens with zero attached hydrogens (tertiary/aromatic N) is 5. The van der Waals surface area contributed by atoms with Crippen LogP contribution in [-0.4, -0.2) is 46.0 Å². The topological polar surface area (TPSA) is 45.2 Å². The zero-order valence-corrected chi connectivity index (χ0v) is 15.1. The summed E-state index contributed by atoms with van der Waals surface area (Å²) in [6.45, 7) is 7.56. The average molecular weight is 337 g/mol. The molecule has 132 valence electrons. The first-order chi connectivity index (χ1) is 12.2. The van der Waals surface area contributed by atoms with E-state index in [4.69, 9.17) is 0 Å². The zero-order valence-electron chi connectivity index (χ0n) is 15.1. The third-order valence-corrected chi connectivity index (χ3v) is 5.74. The number of likely N-dealkylation sites (tertiary alicyclic amines) is 1. The maximum Gasteiger partial charge on any atom is 0.225 e. The van der Waals surface area contributed by atoms with E-state index in [1.807, 2.05) is 18.5 Å². The zero-order chi connectivity index (χ0) is 17.1. The van der Waals surface area contributed by atoms with Gasteiger partial charge in [-0.25, -0.2) is 9.97 Å². The summed E-state index contributed by atoms with van der Waals surface area (Å²) in [6.07, 6.45) is 8.82. The molecule has 0 radical (unpaired) electrons. The molecule has 0 amide bonds. The fraction of sp³-hybridized carbons (Fsp3) is 0.550. The molecule has 2 aromatic rings. The number of pyridine rings is 1. The van der Waals surface area contributed by atoms with Crippen molar-refractivity contribution < 1.29 is 0 Å². The molecule has 0 aromatic carbocycles. The molecule has 0 unspecified atom stereocenters. The van der Waals surface area contributed by atoms with E-state index >= 15 is 0 Å². The second-order valence-corrected chi connectivity index (χ2v) is 7.62. The van der Waals surface area contributed by atoms with Crippen LogP contribution in [0.5, 0.6) is 0 Å². The Hall–Kier alpha value is -2.01. The van der Waals surface area contributed by atoms with Crippen LogP contribution in [0.15, 0.2) is 36.7 Å². The highest BCUT2D eigenvalue weighted by Crippen LogP contribution is 2.40. The van der Waals surface area contributed by atoms with Crippen LogP contribution in [-0.2, 0) is 6.54 Å². The van der Waals surface area contributed by atoms with Gasteiger partial charge in [0.1, 0.15) is 0 Å². The van der Waals surface area contributed by atoms with Gasteiger partial charge in [0.15, 0.2) is 0 Å². The second-order valence-electron chi connectivity index (χ2n) is 7.62. The predicted octanol–water partition coefficient (Wildman–Crippen LogP) is 3.06. The first kappa shape index (κ1) is 16.5. The van der Waals surface area contributed by atoms with Crippen molar-refractivity contribution in [1.29, 1.82) is 0 Å². The smallest absolute Gasteiger partial charge is 0.225 e. The van der Waals surface area contributed by atoms with Crippen molar-refractivity contribution >= 4 is 5.95 Å². The summed E-state index contributed by atoms with van der Waals surface area (Å²) in [4.78, 5) is 18.5. The summed E-state index contributed by atoms with van der Waals surface area (Å²) in [5, 5.41) is 0. The largest absolute Gasteiger partial charge is 0.340 e. The minimum Gasteiger partial charge on any atom is -0.340 e. The van der Waals surface area contributed by atoms with Crippen molar-refractivity contribution in [2.75, 3.05) is 31.1 Å². The molecule has 2 aliphatic rings. The van der Waals surface area contributed by atoms with Gasteiger partial charge in [-0.15, -0.1) is 0 Å². The van der Waals surface area contributed by atoms with Crippen molar-refractivity contribution in [3.05, 3.63) is 48.0 Å². The molecule has 0 N–H and O–H groups in total. The van der Waals surface area contributed by atoms with Crippen LogP contribution < -0.4 is 4.90 Å². The Bertz CT molecular complexity index is 694. The Balaban J connectivity index is 1.37. The minimum absolute atomic E-state index is 0.438. The molecule has 2 aromatic heterocycles. The molecule has 2 aliphatic heterocycles. The molecule has 0 saturated carbocycles. The standard InChI is InChI=1S/C20H27N5/c1-17-5-2-6-18(23-17)15-24-13-8-20(9-14-24)7-3-12-25(16-20)19-21-10-4-11-22-19/h2,4-6,10-11H,3,7-9,12-16H2,1H3. The van der Waals surface area contributed by atoms with E-state index in [0.717, 1.165) is 31.3 Å². The van der Waals surface area contributed by atoms with Crippen molar-refractivity contribution in [2.24, 2.45) is 5.41 Å². The lowest BCUT2D eigenvalue weighted by Gasteiger charge is -2.47. The molecule has 4 heterocycles. The number of aromatic nitrogens is 3. The van der Waals surface area contributed by atoms with E-state index in [2.05, 4.69) is 49.9 Å². The van der Waals surface area contributed by atoms with Crippen molar-refractivity contribution in [1.82, 2.24) is 19.9 Å². The molecular weight excluding hydrogens is 310 g/mol. The lowest BCUT2D eigenvalue weighted by Crippen LogP contribution is -2.49. The average Bonchev–Trinajstić information content (AvgIpc) is 2.65. The third-order valence-electron chi connectivity index (χ3n) is 5.74. The Morgan fingerprint density at radius 3 is 2.56 bits per heavy atom. The Labute approximate surface area is 150 Å². The Kier molecular flexibility index (Phi) is 4.66. The molecule has 2 saturated heterocycles. The minimum atomic E-state index is 0.438. The van der Waals surface area contributed by atoms with Crippen LogP contribution in [0, 0.1) is 12.3 Å². The lowest BCUT2D eigenvalue weighted by atomic mass is 9.72. The first-order valence-corrected chi connectivity index (χ1v) is 9.39. The van der Waals surface area contributed by atoms with Crippen molar-refractivity contribution in [3.63, 3.8) is 0 Å². The monoisotopic (exact) mass is 337 g/mol. The fourth-order valence-electron chi connectivity index (χ4n) is 4.34. The quantitative estimate of drug-likeness (QED) is 0.861. The molecule has 1 spiro atoms. The molecular formula is C20H27N5. The molecule has 25 heavy (non-hydrogen) atoms. The summed E-state index contributed by atoms with van der Waals surface area (Å²) in [5.41, 5.74) is 2.74. The molecule has 5 heteroatoms. The highest BCUT2D eigenvalue weighted by Gasteiger charge is 2.38. The molecule has 0 bridgehead atoms. The summed E-state index contributed by atoms with van der Waals surface area (Å²) in [5.74, 6) is 0.896. The van der Waals surface area contributed by atoms with Gasteiger partial charge >= 0.3 is 0 Å². The number of hydrogen-bond donors (Lipinski definition) is 0. The second kappa shape index (κ2) is 7.08. The number of piperidine rings is 2. The van der Waals surface area contributed by atoms with Gasteiger partial charge in [-0.05, 0) is 69.3 Å². The van der Waals surface area contributed by atoms with E-state index in [0.29, 0.717) is 5.41 Å². The summed E-state index contributed by atoms with van der Waals surface area (Å²) >= 11 is 0. The SMILES string of the molecule is Cc1cccc(CN2CCC3(CCCN(c4ncccn4)C3)CC2)n1. The van der Waals surface area contributed by atoms with Gasteiger partial charge in [-0.3, -0.25) is 9.88 Å². The summed E-state index contributed by atoms with van der Waals surface area (Å²) < 4.78 is 0. The van der Waals surface area contributed by atoms with Crippen LogP contribution in [0.25, 0.3) is 0 Å². The highest BCUT2D eigenvalue weighted by atomic mass is 15.3. The van der Waals surface area contributed by atoms with E-state index in [9.17, 15) is 0 Å². The van der Waals surface area contributed by atoms with Gasteiger partial charge in [0.05, 0.1) is 5.69 Å². The lowest BCUT2D eigenvalue weighted by molar-refractivity contribution is 0.0825. The fourth-order valence-corrected chi connectivity index (χ4v) is 4.34. The molecule has 4 rings (SSSR count). The van der Waals surface area contributed by atoms with Crippen molar-refractivity contribution in [2.45, 2.75) is 39.2 Å². The Morgan fingerprint density at radius 2 is 1.80 bits per heavy atom. The van der Waals surface area contributed by atoms with Crippen LogP contribution in [0.3, 0.4) is 0 Å². The number of hydrogen-bond acceptors (Lipinski definition) is 5. The van der Waals surface area contributed by atoms with Crippen molar-refractivity contribution in [3.8, 4) is 0 Å². The predicted molar refractivity (Wildman–Crippen MR) is 99.4 cm³/mol. The first-order valence-electron chi connectivity index (χ1n) is 9.39. The van der Waals surface area contributed by atoms with E-state index in [1.165, 1.54) is 44.5 Å². The number of anilines is 1. The summed E-state index contributed by atoms with van der Waals surface area (Å²) in [7, 11) is 0. The third kappa shape index (κ3) is 3.82. The maximum absolute atomic E-state index is 4.66. The number of rotatable bonds is 3. The Morgan fingerprint density at radius 1 is 1.00 bits per heavy atom. The van der Waals surface area contributed by atoms with Gasteiger partial charge in [-0.2, -0.15) is 0 Å². The maximum atomic E-state index is 4.66. The molecule has 5 nitrogen and oxygen atoms in total. The van der Waals surface area contributed by atoms with Crippen LogP contribution in [0.1, 0.15) is 37.1 Å². The highest BCUT2D eigenvalue weighted by molar-refractivity contribution is 5.30. The summed E-state index contributed by atoms with van der Waals surface area (Å²) in [6, 6.07) is 8.21. The van der Waals surface area contributed by atoms with Gasteiger partial charge in [-0.1, -0.05) is 6.07 Å². The van der Waals surface area contributed by atoms with Gasteiger partial charge in [0.2, 0.25) is 5.95 Å². The number of aryl methyl sites for hydroxylation is 1. The van der Waals surface area contributed by atoms with E-state index in [-0.39, 0.29) is 0 Å². The molecule has 0 atom stereocenters. The van der Waals surface area contributed by atoms with E-state index in [1.54, 1.807) is 0 Å². The van der Waals surface area contributed by atoms with Crippen LogP contribution in [0.4, 0.5) is 5.95 Å². The van der Waals surface area contributed by atoms with Crippen LogP contribution in [0.2, 0.25) is 0 Å². The molecule has 2 fully saturated rings. The van der Waals surface area contributed by atoms with Gasteiger partial charge in [0, 0.05) is 37.7 Å². The normalized spacial score (nSPS) is 20.8. The van der Waals surface area contributed by atoms with Gasteiger partial charge in [0.25, 0.3) is 0 Å². The van der Waals surface area contributed by atoms with Crippen LogP contribution >= 0.6 is 0 Å².